The molecule has 1 aromatic carbocycles. The number of nitrogens with zero attached hydrogens (tertiary/aromatic N) is 2. The van der Waals surface area contributed by atoms with Crippen LogP contribution in [0.25, 0.3) is 0 Å². The lowest BCUT2D eigenvalue weighted by molar-refractivity contribution is 0.242. The van der Waals surface area contributed by atoms with Crippen molar-refractivity contribution in [3.05, 3.63) is 29.8 Å². The van der Waals surface area contributed by atoms with Crippen LogP contribution >= 0.6 is 35.7 Å². The van der Waals surface area contributed by atoms with Gasteiger partial charge < -0.3 is 10.6 Å². The van der Waals surface area contributed by atoms with Gasteiger partial charge in [0.25, 0.3) is 0 Å². The van der Waals surface area contributed by atoms with Crippen LogP contribution < -0.4 is 10.6 Å². The fraction of sp³-hybridized carbons (Fsp3) is 0.632. The van der Waals surface area contributed by atoms with E-state index in [-0.39, 0.29) is 24.0 Å². The van der Waals surface area contributed by atoms with Crippen molar-refractivity contribution in [3.63, 3.8) is 0 Å². The summed E-state index contributed by atoms with van der Waals surface area (Å²) in [5, 5.41) is 7.05. The number of hydrogen-bond acceptors (Lipinski definition) is 3. The zero-order valence-corrected chi connectivity index (χ0v) is 18.5. The van der Waals surface area contributed by atoms with Gasteiger partial charge in [-0.2, -0.15) is 0 Å². The van der Waals surface area contributed by atoms with Crippen LogP contribution in [0, 0.1) is 0 Å². The highest BCUT2D eigenvalue weighted by atomic mass is 127. The van der Waals surface area contributed by atoms with E-state index in [1.807, 2.05) is 7.05 Å². The van der Waals surface area contributed by atoms with Crippen LogP contribution in [0.1, 0.15) is 37.7 Å². The number of likely N-dealkylation sites (tertiary alicyclic amines) is 1. The fourth-order valence-electron chi connectivity index (χ4n) is 3.82. The average molecular weight is 474 g/mol. The first-order valence-electron chi connectivity index (χ1n) is 9.12. The molecule has 3 rings (SSSR count). The zero-order chi connectivity index (χ0) is 16.8. The topological polar surface area (TPSA) is 39.7 Å². The second kappa shape index (κ2) is 10.6. The minimum absolute atomic E-state index is 0. The lowest BCUT2D eigenvalue weighted by atomic mass is 10.2. The minimum atomic E-state index is 0. The highest BCUT2D eigenvalue weighted by Gasteiger charge is 2.30. The van der Waals surface area contributed by atoms with Crippen LogP contribution in [0.4, 0.5) is 0 Å². The number of thioether (sulfide) groups is 1. The molecular weight excluding hydrogens is 443 g/mol. The Morgan fingerprint density at radius 2 is 1.92 bits per heavy atom. The van der Waals surface area contributed by atoms with Crippen molar-refractivity contribution >= 4 is 41.7 Å². The van der Waals surface area contributed by atoms with Gasteiger partial charge >= 0.3 is 0 Å². The minimum Gasteiger partial charge on any atom is -0.352 e. The lowest BCUT2D eigenvalue weighted by Gasteiger charge is -2.24. The van der Waals surface area contributed by atoms with Gasteiger partial charge in [-0.05, 0) is 43.2 Å². The van der Waals surface area contributed by atoms with E-state index in [1.165, 1.54) is 49.1 Å². The molecule has 0 spiro atoms. The molecule has 1 atom stereocenters. The zero-order valence-electron chi connectivity index (χ0n) is 15.3. The fourth-order valence-corrected chi connectivity index (χ4v) is 4.23. The van der Waals surface area contributed by atoms with Crippen molar-refractivity contribution in [1.29, 1.82) is 0 Å². The molecule has 4 nitrogen and oxygen atoms in total. The normalized spacial score (nSPS) is 22.0. The predicted octanol–water partition coefficient (Wildman–Crippen LogP) is 3.71. The number of guanidine groups is 1. The Kier molecular flexibility index (Phi) is 8.85. The molecule has 1 aliphatic heterocycles. The number of aliphatic imine (C=N–C) groups is 1. The van der Waals surface area contributed by atoms with Crippen molar-refractivity contribution < 1.29 is 0 Å². The monoisotopic (exact) mass is 474 g/mol. The molecule has 1 aliphatic carbocycles. The molecular formula is C19H31IN4S. The molecule has 1 aromatic rings. The second-order valence-corrected chi connectivity index (χ2v) is 7.72. The van der Waals surface area contributed by atoms with Gasteiger partial charge in [0, 0.05) is 43.7 Å². The Hall–Kier alpha value is -0.470. The van der Waals surface area contributed by atoms with E-state index >= 15 is 0 Å². The molecule has 0 amide bonds. The van der Waals surface area contributed by atoms with Crippen LogP contribution in [-0.2, 0) is 6.54 Å². The maximum Gasteiger partial charge on any atom is 0.191 e. The van der Waals surface area contributed by atoms with E-state index in [4.69, 9.17) is 0 Å². The van der Waals surface area contributed by atoms with E-state index in [9.17, 15) is 0 Å². The van der Waals surface area contributed by atoms with Crippen LogP contribution in [0.15, 0.2) is 34.2 Å². The SMILES string of the molecule is CN=C(NCc1ccc(SC)cc1)NC1CCN(C2CCCC2)C1.I. The van der Waals surface area contributed by atoms with Gasteiger partial charge in [-0.25, -0.2) is 0 Å². The van der Waals surface area contributed by atoms with Crippen molar-refractivity contribution in [2.24, 2.45) is 4.99 Å². The molecule has 25 heavy (non-hydrogen) atoms. The molecule has 140 valence electrons. The smallest absolute Gasteiger partial charge is 0.191 e. The van der Waals surface area contributed by atoms with Crippen molar-refractivity contribution in [3.8, 4) is 0 Å². The molecule has 1 unspecified atom stereocenters. The Morgan fingerprint density at radius 3 is 2.56 bits per heavy atom. The highest BCUT2D eigenvalue weighted by molar-refractivity contribution is 14.0. The first kappa shape index (κ1) is 20.8. The van der Waals surface area contributed by atoms with E-state index in [1.54, 1.807) is 11.8 Å². The third-order valence-electron chi connectivity index (χ3n) is 5.24. The highest BCUT2D eigenvalue weighted by Crippen LogP contribution is 2.26. The predicted molar refractivity (Wildman–Crippen MR) is 119 cm³/mol. The van der Waals surface area contributed by atoms with E-state index in [2.05, 4.69) is 51.0 Å². The average Bonchev–Trinajstić information content (AvgIpc) is 3.30. The second-order valence-electron chi connectivity index (χ2n) is 6.84. The molecule has 0 bridgehead atoms. The summed E-state index contributed by atoms with van der Waals surface area (Å²) >= 11 is 1.78. The molecule has 1 saturated carbocycles. The Balaban J connectivity index is 0.00000225. The molecule has 2 fully saturated rings. The number of benzene rings is 1. The van der Waals surface area contributed by atoms with Crippen molar-refractivity contribution in [2.45, 2.75) is 55.6 Å². The van der Waals surface area contributed by atoms with E-state index in [0.717, 1.165) is 25.1 Å². The Bertz CT molecular complexity index is 543. The van der Waals surface area contributed by atoms with Gasteiger partial charge in [-0.1, -0.05) is 25.0 Å². The molecule has 6 heteroatoms. The number of nitrogens with one attached hydrogen (secondary N) is 2. The van der Waals surface area contributed by atoms with Crippen molar-refractivity contribution in [2.75, 3.05) is 26.4 Å². The lowest BCUT2D eigenvalue weighted by Crippen LogP contribution is -2.45. The van der Waals surface area contributed by atoms with Gasteiger partial charge in [0.2, 0.25) is 0 Å². The maximum absolute atomic E-state index is 4.39. The van der Waals surface area contributed by atoms with Gasteiger partial charge in [0.15, 0.2) is 5.96 Å². The van der Waals surface area contributed by atoms with Gasteiger partial charge in [0.05, 0.1) is 0 Å². The van der Waals surface area contributed by atoms with Crippen LogP contribution in [0.5, 0.6) is 0 Å². The molecule has 1 heterocycles. The number of rotatable bonds is 5. The van der Waals surface area contributed by atoms with Gasteiger partial charge in [0.1, 0.15) is 0 Å². The van der Waals surface area contributed by atoms with Crippen LogP contribution in [0.2, 0.25) is 0 Å². The quantitative estimate of drug-likeness (QED) is 0.296. The van der Waals surface area contributed by atoms with Gasteiger partial charge in [-0.3, -0.25) is 9.89 Å². The largest absolute Gasteiger partial charge is 0.352 e. The summed E-state index contributed by atoms with van der Waals surface area (Å²) in [5.74, 6) is 0.919. The molecule has 0 aromatic heterocycles. The van der Waals surface area contributed by atoms with Crippen LogP contribution in [0.3, 0.4) is 0 Å². The van der Waals surface area contributed by atoms with E-state index in [0.29, 0.717) is 6.04 Å². The molecule has 2 aliphatic rings. The van der Waals surface area contributed by atoms with E-state index < -0.39 is 0 Å². The molecule has 0 radical (unpaired) electrons. The third-order valence-corrected chi connectivity index (χ3v) is 5.99. The summed E-state index contributed by atoms with van der Waals surface area (Å²) in [5.41, 5.74) is 1.29. The standard InChI is InChI=1S/C19H30N4S.HI/c1-20-19(21-13-15-7-9-18(24-2)10-8-15)22-16-11-12-23(14-16)17-5-3-4-6-17;/h7-10,16-17H,3-6,11-14H2,1-2H3,(H2,20,21,22);1H. The number of hydrogen-bond donors (Lipinski definition) is 2. The Labute approximate surface area is 173 Å². The summed E-state index contributed by atoms with van der Waals surface area (Å²) in [6, 6.07) is 10.1. The first-order valence-corrected chi connectivity index (χ1v) is 10.3. The maximum atomic E-state index is 4.39. The van der Waals surface area contributed by atoms with Crippen LogP contribution in [-0.4, -0.2) is 49.3 Å². The third kappa shape index (κ3) is 6.03. The first-order chi connectivity index (χ1) is 11.8. The summed E-state index contributed by atoms with van der Waals surface area (Å²) < 4.78 is 0. The summed E-state index contributed by atoms with van der Waals surface area (Å²) in [6.45, 7) is 3.21. The summed E-state index contributed by atoms with van der Waals surface area (Å²) in [6.07, 6.45) is 8.95. The molecule has 2 N–H and O–H groups in total. The summed E-state index contributed by atoms with van der Waals surface area (Å²) in [4.78, 5) is 8.38. The van der Waals surface area contributed by atoms with Gasteiger partial charge in [-0.15, -0.1) is 35.7 Å². The summed E-state index contributed by atoms with van der Waals surface area (Å²) in [7, 11) is 1.86. The Morgan fingerprint density at radius 1 is 1.20 bits per heavy atom. The van der Waals surface area contributed by atoms with Crippen molar-refractivity contribution in [1.82, 2.24) is 15.5 Å². The number of halogens is 1. The molecule has 1 saturated heterocycles.